The molecule has 1 atom stereocenters. The summed E-state index contributed by atoms with van der Waals surface area (Å²) in [5.41, 5.74) is 6.07. The topological polar surface area (TPSA) is 92.4 Å². The van der Waals surface area contributed by atoms with Crippen LogP contribution in [0.5, 0.6) is 0 Å². The smallest absolute Gasteiger partial charge is 0.326 e. The van der Waals surface area contributed by atoms with Crippen molar-refractivity contribution in [3.05, 3.63) is 35.9 Å². The molecule has 21 heavy (non-hydrogen) atoms. The number of rotatable bonds is 6. The molecule has 1 fully saturated rings. The number of nitrogens with one attached hydrogen (secondary N) is 1. The Balaban J connectivity index is 2.06. The van der Waals surface area contributed by atoms with Gasteiger partial charge in [-0.1, -0.05) is 43.2 Å². The third-order valence-electron chi connectivity index (χ3n) is 4.32. The first-order chi connectivity index (χ1) is 10.1. The van der Waals surface area contributed by atoms with Crippen LogP contribution >= 0.6 is 0 Å². The summed E-state index contributed by atoms with van der Waals surface area (Å²) in [6.07, 6.45) is 3.71. The highest BCUT2D eigenvalue weighted by molar-refractivity contribution is 5.88. The molecular formula is C16H22N2O3. The summed E-state index contributed by atoms with van der Waals surface area (Å²) in [7, 11) is 0. The Morgan fingerprint density at radius 2 is 1.86 bits per heavy atom. The van der Waals surface area contributed by atoms with Crippen LogP contribution in [0.15, 0.2) is 30.3 Å². The number of aliphatic carboxylic acids is 1. The monoisotopic (exact) mass is 290 g/mol. The van der Waals surface area contributed by atoms with Crippen LogP contribution in [0.1, 0.15) is 31.2 Å². The molecule has 0 aromatic heterocycles. The maximum Gasteiger partial charge on any atom is 0.326 e. The zero-order valence-electron chi connectivity index (χ0n) is 12.0. The van der Waals surface area contributed by atoms with Gasteiger partial charge >= 0.3 is 5.97 Å². The number of nitrogens with two attached hydrogens (primary N) is 1. The molecule has 1 saturated carbocycles. The molecule has 0 aliphatic heterocycles. The van der Waals surface area contributed by atoms with Gasteiger partial charge in [-0.25, -0.2) is 4.79 Å². The number of carbonyl (C=O) groups is 2. The van der Waals surface area contributed by atoms with Gasteiger partial charge in [-0.3, -0.25) is 4.79 Å². The van der Waals surface area contributed by atoms with Gasteiger partial charge in [-0.15, -0.1) is 0 Å². The third-order valence-corrected chi connectivity index (χ3v) is 4.32. The Kier molecular flexibility index (Phi) is 4.96. The first-order valence-corrected chi connectivity index (χ1v) is 7.35. The van der Waals surface area contributed by atoms with E-state index in [2.05, 4.69) is 5.32 Å². The molecule has 1 aliphatic carbocycles. The molecule has 5 nitrogen and oxygen atoms in total. The molecule has 1 aromatic rings. The molecule has 2 rings (SSSR count). The molecule has 0 saturated heterocycles. The second kappa shape index (κ2) is 6.72. The van der Waals surface area contributed by atoms with Crippen molar-refractivity contribution in [2.75, 3.05) is 6.54 Å². The molecule has 114 valence electrons. The highest BCUT2D eigenvalue weighted by Crippen LogP contribution is 2.37. The van der Waals surface area contributed by atoms with Crippen LogP contribution < -0.4 is 11.1 Å². The third kappa shape index (κ3) is 3.61. The number of carboxylic acid groups (broad SMARTS) is 1. The second-order valence-corrected chi connectivity index (χ2v) is 5.75. The molecule has 1 aliphatic rings. The van der Waals surface area contributed by atoms with Crippen molar-refractivity contribution in [1.82, 2.24) is 5.32 Å². The van der Waals surface area contributed by atoms with Gasteiger partial charge in [0, 0.05) is 13.0 Å². The molecule has 0 radical (unpaired) electrons. The highest BCUT2D eigenvalue weighted by atomic mass is 16.4. The summed E-state index contributed by atoms with van der Waals surface area (Å²) >= 11 is 0. The average molecular weight is 290 g/mol. The molecule has 0 unspecified atom stereocenters. The quantitative estimate of drug-likeness (QED) is 0.736. The minimum atomic E-state index is -1.02. The van der Waals surface area contributed by atoms with Crippen LogP contribution in [0, 0.1) is 5.41 Å². The SMILES string of the molecule is NCC1(C(=O)N[C@H](Cc2ccccc2)C(=O)O)CCCC1. The Hall–Kier alpha value is -1.88. The van der Waals surface area contributed by atoms with Gasteiger partial charge < -0.3 is 16.2 Å². The van der Waals surface area contributed by atoms with Crippen LogP contribution in [-0.2, 0) is 16.0 Å². The van der Waals surface area contributed by atoms with E-state index in [1.54, 1.807) is 0 Å². The maximum absolute atomic E-state index is 12.4. The van der Waals surface area contributed by atoms with E-state index in [-0.39, 0.29) is 18.9 Å². The van der Waals surface area contributed by atoms with Crippen LogP contribution in [0.3, 0.4) is 0 Å². The number of amides is 1. The van der Waals surface area contributed by atoms with E-state index in [1.807, 2.05) is 30.3 Å². The molecule has 0 heterocycles. The van der Waals surface area contributed by atoms with Gasteiger partial charge in [0.2, 0.25) is 5.91 Å². The Morgan fingerprint density at radius 3 is 2.38 bits per heavy atom. The van der Waals surface area contributed by atoms with E-state index in [4.69, 9.17) is 5.73 Å². The summed E-state index contributed by atoms with van der Waals surface area (Å²) in [4.78, 5) is 23.8. The fraction of sp³-hybridized carbons (Fsp3) is 0.500. The van der Waals surface area contributed by atoms with Gasteiger partial charge in [0.15, 0.2) is 0 Å². The second-order valence-electron chi connectivity index (χ2n) is 5.75. The molecule has 0 spiro atoms. The first kappa shape index (κ1) is 15.5. The first-order valence-electron chi connectivity index (χ1n) is 7.35. The van der Waals surface area contributed by atoms with E-state index in [0.717, 1.165) is 31.2 Å². The van der Waals surface area contributed by atoms with Crippen LogP contribution in [0.2, 0.25) is 0 Å². The van der Waals surface area contributed by atoms with Crippen molar-refractivity contribution in [1.29, 1.82) is 0 Å². The van der Waals surface area contributed by atoms with E-state index in [0.29, 0.717) is 0 Å². The molecule has 4 N–H and O–H groups in total. The zero-order valence-corrected chi connectivity index (χ0v) is 12.0. The standard InChI is InChI=1S/C16H22N2O3/c17-11-16(8-4-5-9-16)15(21)18-13(14(19)20)10-12-6-2-1-3-7-12/h1-3,6-7,13H,4-5,8-11,17H2,(H,18,21)(H,19,20)/t13-/m1/s1. The van der Waals surface area contributed by atoms with Crippen molar-refractivity contribution in [3.63, 3.8) is 0 Å². The molecule has 1 aromatic carbocycles. The number of carboxylic acids is 1. The number of carbonyl (C=O) groups excluding carboxylic acids is 1. The van der Waals surface area contributed by atoms with Gasteiger partial charge in [0.05, 0.1) is 5.41 Å². The minimum absolute atomic E-state index is 0.217. The van der Waals surface area contributed by atoms with Gasteiger partial charge in [0.1, 0.15) is 6.04 Å². The molecule has 0 bridgehead atoms. The van der Waals surface area contributed by atoms with Gasteiger partial charge in [0.25, 0.3) is 0 Å². The van der Waals surface area contributed by atoms with Crippen LogP contribution in [0.25, 0.3) is 0 Å². The summed E-state index contributed by atoms with van der Waals surface area (Å²) in [6.45, 7) is 0.274. The van der Waals surface area contributed by atoms with Gasteiger partial charge in [-0.05, 0) is 18.4 Å². The van der Waals surface area contributed by atoms with E-state index in [9.17, 15) is 14.7 Å². The fourth-order valence-electron chi connectivity index (χ4n) is 2.94. The number of benzene rings is 1. The Labute approximate surface area is 124 Å². The number of hydrogen-bond acceptors (Lipinski definition) is 3. The highest BCUT2D eigenvalue weighted by Gasteiger charge is 2.41. The Bertz CT molecular complexity index is 496. The molecule has 5 heteroatoms. The summed E-state index contributed by atoms with van der Waals surface area (Å²) in [6, 6.07) is 8.39. The van der Waals surface area contributed by atoms with E-state index < -0.39 is 17.4 Å². The summed E-state index contributed by atoms with van der Waals surface area (Å²) in [5.74, 6) is -1.23. The minimum Gasteiger partial charge on any atom is -0.480 e. The Morgan fingerprint density at radius 1 is 1.24 bits per heavy atom. The lowest BCUT2D eigenvalue weighted by Gasteiger charge is -2.27. The summed E-state index contributed by atoms with van der Waals surface area (Å²) < 4.78 is 0. The van der Waals surface area contributed by atoms with Gasteiger partial charge in [-0.2, -0.15) is 0 Å². The zero-order chi connectivity index (χ0) is 15.3. The van der Waals surface area contributed by atoms with Crippen LogP contribution in [0.4, 0.5) is 0 Å². The fourth-order valence-corrected chi connectivity index (χ4v) is 2.94. The molecule has 1 amide bonds. The van der Waals surface area contributed by atoms with Crippen molar-refractivity contribution in [2.45, 2.75) is 38.1 Å². The number of hydrogen-bond donors (Lipinski definition) is 3. The van der Waals surface area contributed by atoms with Crippen molar-refractivity contribution >= 4 is 11.9 Å². The summed E-state index contributed by atoms with van der Waals surface area (Å²) in [5, 5.41) is 12.0. The lowest BCUT2D eigenvalue weighted by atomic mass is 9.85. The lowest BCUT2D eigenvalue weighted by Crippen LogP contribution is -2.51. The lowest BCUT2D eigenvalue weighted by molar-refractivity contribution is -0.143. The molecular weight excluding hydrogens is 268 g/mol. The van der Waals surface area contributed by atoms with E-state index >= 15 is 0 Å². The average Bonchev–Trinajstić information content (AvgIpc) is 2.97. The van der Waals surface area contributed by atoms with Crippen molar-refractivity contribution in [2.24, 2.45) is 11.1 Å². The van der Waals surface area contributed by atoms with Crippen LogP contribution in [-0.4, -0.2) is 29.6 Å². The predicted molar refractivity (Wildman–Crippen MR) is 79.7 cm³/mol. The predicted octanol–water partition coefficient (Wildman–Crippen LogP) is 1.32. The normalized spacial score (nSPS) is 18.1. The van der Waals surface area contributed by atoms with Crippen molar-refractivity contribution < 1.29 is 14.7 Å². The maximum atomic E-state index is 12.4. The largest absolute Gasteiger partial charge is 0.480 e. The van der Waals surface area contributed by atoms with Crippen molar-refractivity contribution in [3.8, 4) is 0 Å². The van der Waals surface area contributed by atoms with E-state index in [1.165, 1.54) is 0 Å².